The maximum Gasteiger partial charge on any atom is 0.226 e. The quantitative estimate of drug-likeness (QED) is 0.754. The third-order valence-corrected chi connectivity index (χ3v) is 6.67. The maximum absolute atomic E-state index is 13.2. The van der Waals surface area contributed by atoms with E-state index in [2.05, 4.69) is 13.8 Å². The summed E-state index contributed by atoms with van der Waals surface area (Å²) in [5.41, 5.74) is 0.0982. The van der Waals surface area contributed by atoms with Gasteiger partial charge < -0.3 is 9.80 Å². The minimum Gasteiger partial charge on any atom is -0.343 e. The van der Waals surface area contributed by atoms with Crippen LogP contribution in [-0.4, -0.2) is 47.8 Å². The van der Waals surface area contributed by atoms with Crippen LogP contribution in [-0.2, 0) is 9.59 Å². The van der Waals surface area contributed by atoms with E-state index in [1.165, 1.54) is 0 Å². The van der Waals surface area contributed by atoms with Crippen molar-refractivity contribution in [1.82, 2.24) is 9.80 Å². The molecule has 2 amide bonds. The highest BCUT2D eigenvalue weighted by atomic mass is 16.2. The number of carbonyl (C=O) groups is 2. The van der Waals surface area contributed by atoms with Crippen LogP contribution in [0, 0.1) is 29.1 Å². The predicted octanol–water partition coefficient (Wildman–Crippen LogP) is 3.02. The highest BCUT2D eigenvalue weighted by molar-refractivity contribution is 5.89. The van der Waals surface area contributed by atoms with Crippen molar-refractivity contribution >= 4 is 11.8 Å². The number of rotatable bonds is 6. The van der Waals surface area contributed by atoms with Gasteiger partial charge in [-0.2, -0.15) is 0 Å². The number of hydrogen-bond donors (Lipinski definition) is 0. The topological polar surface area (TPSA) is 40.6 Å². The van der Waals surface area contributed by atoms with E-state index in [-0.39, 0.29) is 29.1 Å². The van der Waals surface area contributed by atoms with Gasteiger partial charge in [0.1, 0.15) is 0 Å². The van der Waals surface area contributed by atoms with Gasteiger partial charge in [0, 0.05) is 26.2 Å². The first-order valence-corrected chi connectivity index (χ1v) is 9.42. The van der Waals surface area contributed by atoms with Crippen molar-refractivity contribution in [2.75, 3.05) is 26.2 Å². The van der Waals surface area contributed by atoms with Gasteiger partial charge in [-0.15, -0.1) is 0 Å². The van der Waals surface area contributed by atoms with E-state index < -0.39 is 0 Å². The van der Waals surface area contributed by atoms with Crippen LogP contribution in [0.3, 0.4) is 0 Å². The minimum atomic E-state index is -0.114. The Morgan fingerprint density at radius 3 is 1.35 bits per heavy atom. The van der Waals surface area contributed by atoms with E-state index in [0.717, 1.165) is 39.0 Å². The van der Waals surface area contributed by atoms with E-state index in [9.17, 15) is 9.59 Å². The standard InChI is InChI=1S/C19H34N2O2/c1-7-20(8-2)17(22)15-13-11-12-14(19(13,5)6)16(15)18(23)21(9-3)10-4/h13-16H,7-12H2,1-6H3. The highest BCUT2D eigenvalue weighted by Crippen LogP contribution is 2.63. The first kappa shape index (κ1) is 18.3. The second-order valence-corrected chi connectivity index (χ2v) is 7.68. The van der Waals surface area contributed by atoms with Crippen LogP contribution in [0.5, 0.6) is 0 Å². The largest absolute Gasteiger partial charge is 0.343 e. The Morgan fingerprint density at radius 1 is 0.783 bits per heavy atom. The third-order valence-electron chi connectivity index (χ3n) is 6.67. The lowest BCUT2D eigenvalue weighted by Crippen LogP contribution is -2.47. The lowest BCUT2D eigenvalue weighted by atomic mass is 9.77. The van der Waals surface area contributed by atoms with Gasteiger partial charge in [-0.05, 0) is 57.8 Å². The summed E-state index contributed by atoms with van der Waals surface area (Å²) in [5, 5.41) is 0. The van der Waals surface area contributed by atoms with Gasteiger partial charge in [-0.1, -0.05) is 13.8 Å². The zero-order valence-corrected chi connectivity index (χ0v) is 15.8. The van der Waals surface area contributed by atoms with Gasteiger partial charge >= 0.3 is 0 Å². The molecule has 4 nitrogen and oxygen atoms in total. The molecule has 132 valence electrons. The number of nitrogens with zero attached hydrogens (tertiary/aromatic N) is 2. The second-order valence-electron chi connectivity index (χ2n) is 7.68. The number of fused-ring (bicyclic) bond motifs is 2. The van der Waals surface area contributed by atoms with Crippen molar-refractivity contribution in [3.63, 3.8) is 0 Å². The summed E-state index contributed by atoms with van der Waals surface area (Å²) in [7, 11) is 0. The minimum absolute atomic E-state index is 0.0982. The van der Waals surface area contributed by atoms with Gasteiger partial charge in [0.15, 0.2) is 0 Å². The molecule has 4 atom stereocenters. The van der Waals surface area contributed by atoms with E-state index in [1.54, 1.807) is 0 Å². The van der Waals surface area contributed by atoms with Crippen molar-refractivity contribution in [1.29, 1.82) is 0 Å². The molecule has 2 bridgehead atoms. The molecule has 0 saturated heterocycles. The Morgan fingerprint density at radius 2 is 1.09 bits per heavy atom. The zero-order valence-electron chi connectivity index (χ0n) is 15.8. The number of amides is 2. The summed E-state index contributed by atoms with van der Waals surface area (Å²) >= 11 is 0. The van der Waals surface area contributed by atoms with Crippen molar-refractivity contribution in [3.8, 4) is 0 Å². The molecule has 0 aromatic carbocycles. The Kier molecular flexibility index (Phi) is 5.42. The number of carbonyl (C=O) groups excluding carboxylic acids is 2. The Bertz CT molecular complexity index is 412. The fourth-order valence-electron chi connectivity index (χ4n) is 5.31. The molecule has 0 radical (unpaired) electrons. The molecule has 0 aromatic heterocycles. The second kappa shape index (κ2) is 6.82. The summed E-state index contributed by atoms with van der Waals surface area (Å²) in [6.07, 6.45) is 2.19. The monoisotopic (exact) mass is 322 g/mol. The lowest BCUT2D eigenvalue weighted by Gasteiger charge is -2.35. The third kappa shape index (κ3) is 2.78. The van der Waals surface area contributed by atoms with Crippen LogP contribution in [0.15, 0.2) is 0 Å². The van der Waals surface area contributed by atoms with Crippen molar-refractivity contribution in [2.45, 2.75) is 54.4 Å². The van der Waals surface area contributed by atoms with Gasteiger partial charge in [-0.3, -0.25) is 9.59 Å². The molecule has 2 aliphatic carbocycles. The van der Waals surface area contributed by atoms with Crippen LogP contribution < -0.4 is 0 Å². The molecule has 0 aliphatic heterocycles. The molecular weight excluding hydrogens is 288 g/mol. The summed E-state index contributed by atoms with van der Waals surface area (Å²) in [4.78, 5) is 30.2. The van der Waals surface area contributed by atoms with Gasteiger partial charge in [0.05, 0.1) is 11.8 Å². The van der Waals surface area contributed by atoms with Gasteiger partial charge in [0.25, 0.3) is 0 Å². The average Bonchev–Trinajstić information content (AvgIpc) is 2.95. The van der Waals surface area contributed by atoms with Crippen LogP contribution in [0.2, 0.25) is 0 Å². The summed E-state index contributed by atoms with van der Waals surface area (Å²) < 4.78 is 0. The molecule has 0 N–H and O–H groups in total. The molecule has 0 heterocycles. The Balaban J connectivity index is 2.37. The average molecular weight is 322 g/mol. The summed E-state index contributed by atoms with van der Waals surface area (Å²) in [6.45, 7) is 15.6. The van der Waals surface area contributed by atoms with Gasteiger partial charge in [-0.25, -0.2) is 0 Å². The molecule has 2 fully saturated rings. The highest BCUT2D eigenvalue weighted by Gasteiger charge is 2.63. The predicted molar refractivity (Wildman–Crippen MR) is 92.8 cm³/mol. The lowest BCUT2D eigenvalue weighted by molar-refractivity contribution is -0.148. The molecule has 2 aliphatic rings. The SMILES string of the molecule is CCN(CC)C(=O)C1C(C(=O)N(CC)CC)C2CCC1C2(C)C. The van der Waals surface area contributed by atoms with Crippen molar-refractivity contribution < 1.29 is 9.59 Å². The normalized spacial score (nSPS) is 31.2. The number of hydrogen-bond acceptors (Lipinski definition) is 2. The summed E-state index contributed by atoms with van der Waals surface area (Å²) in [5.74, 6) is 0.894. The van der Waals surface area contributed by atoms with Crippen LogP contribution in [0.25, 0.3) is 0 Å². The van der Waals surface area contributed by atoms with E-state index in [0.29, 0.717) is 11.8 Å². The Hall–Kier alpha value is -1.06. The molecule has 2 saturated carbocycles. The van der Waals surface area contributed by atoms with E-state index >= 15 is 0 Å². The first-order valence-electron chi connectivity index (χ1n) is 9.42. The molecule has 4 heteroatoms. The van der Waals surface area contributed by atoms with Crippen molar-refractivity contribution in [2.24, 2.45) is 29.1 Å². The van der Waals surface area contributed by atoms with E-state index in [1.807, 2.05) is 37.5 Å². The molecule has 23 heavy (non-hydrogen) atoms. The van der Waals surface area contributed by atoms with Crippen LogP contribution >= 0.6 is 0 Å². The fraction of sp³-hybridized carbons (Fsp3) is 0.895. The summed E-state index contributed by atoms with van der Waals surface area (Å²) in [6, 6.07) is 0. The smallest absolute Gasteiger partial charge is 0.226 e. The zero-order chi connectivity index (χ0) is 17.4. The molecule has 2 rings (SSSR count). The molecule has 0 spiro atoms. The molecule has 0 aromatic rings. The van der Waals surface area contributed by atoms with Crippen LogP contribution in [0.1, 0.15) is 54.4 Å². The maximum atomic E-state index is 13.2. The Labute approximate surface area is 141 Å². The first-order chi connectivity index (χ1) is 10.8. The van der Waals surface area contributed by atoms with Gasteiger partial charge in [0.2, 0.25) is 11.8 Å². The molecular formula is C19H34N2O2. The van der Waals surface area contributed by atoms with Crippen molar-refractivity contribution in [3.05, 3.63) is 0 Å². The molecule has 4 unspecified atom stereocenters. The van der Waals surface area contributed by atoms with Crippen LogP contribution in [0.4, 0.5) is 0 Å². The van der Waals surface area contributed by atoms with E-state index in [4.69, 9.17) is 0 Å². The fourth-order valence-corrected chi connectivity index (χ4v) is 5.31.